The van der Waals surface area contributed by atoms with Gasteiger partial charge in [0.2, 0.25) is 0 Å². The van der Waals surface area contributed by atoms with Crippen molar-refractivity contribution in [2.45, 2.75) is 18.4 Å². The quantitative estimate of drug-likeness (QED) is 0.456. The van der Waals surface area contributed by atoms with E-state index >= 15 is 0 Å². The van der Waals surface area contributed by atoms with Gasteiger partial charge in [0.05, 0.1) is 5.56 Å². The van der Waals surface area contributed by atoms with Crippen LogP contribution in [0.1, 0.15) is 21.5 Å². The summed E-state index contributed by atoms with van der Waals surface area (Å²) in [4.78, 5) is 23.1. The number of nitrogens with one attached hydrogen (secondary N) is 1. The van der Waals surface area contributed by atoms with E-state index in [0.717, 1.165) is 24.3 Å². The number of rotatable bonds is 7. The van der Waals surface area contributed by atoms with Crippen molar-refractivity contribution in [3.8, 4) is 5.75 Å². The summed E-state index contributed by atoms with van der Waals surface area (Å²) in [5, 5.41) is 2.21. The van der Waals surface area contributed by atoms with Crippen molar-refractivity contribution in [3.63, 3.8) is 0 Å². The average molecular weight is 577 g/mol. The van der Waals surface area contributed by atoms with E-state index in [-0.39, 0.29) is 10.2 Å². The molecule has 0 saturated carbocycles. The zero-order valence-electron chi connectivity index (χ0n) is 18.4. The first kappa shape index (κ1) is 27.0. The van der Waals surface area contributed by atoms with Crippen LogP contribution in [0.2, 0.25) is 0 Å². The lowest BCUT2D eigenvalue weighted by Gasteiger charge is -2.26. The molecule has 2 atom stereocenters. The molecule has 1 aliphatic heterocycles. The van der Waals surface area contributed by atoms with Gasteiger partial charge < -0.3 is 25.3 Å². The molecule has 0 aliphatic carbocycles. The number of nitrogens with two attached hydrogens (primary N) is 1. The fourth-order valence-corrected chi connectivity index (χ4v) is 4.05. The minimum absolute atomic E-state index is 0.0863. The lowest BCUT2D eigenvalue weighted by Crippen LogP contribution is -2.39. The lowest BCUT2D eigenvalue weighted by molar-refractivity contribution is -0.137. The second kappa shape index (κ2) is 10.6. The van der Waals surface area contributed by atoms with E-state index in [1.54, 1.807) is 0 Å². The van der Waals surface area contributed by atoms with Gasteiger partial charge in [-0.15, -0.1) is 0 Å². The largest absolute Gasteiger partial charge is 0.479 e. The second-order valence-corrected chi connectivity index (χ2v) is 8.11. The molecule has 0 saturated heterocycles. The van der Waals surface area contributed by atoms with Crippen LogP contribution in [0, 0.1) is 11.6 Å². The summed E-state index contributed by atoms with van der Waals surface area (Å²) in [5.41, 5.74) is 3.95. The Balaban J connectivity index is 1.93. The molecule has 2 unspecified atom stereocenters. The molecule has 13 heteroatoms. The molecule has 2 amide bonds. The van der Waals surface area contributed by atoms with Crippen molar-refractivity contribution >= 4 is 33.5 Å². The Kier molecular flexibility index (Phi) is 7.92. The normalized spacial score (nSPS) is 16.4. The Hall–Kier alpha value is -3.61. The molecule has 3 N–H and O–H groups in total. The van der Waals surface area contributed by atoms with Crippen molar-refractivity contribution in [1.82, 2.24) is 5.32 Å². The van der Waals surface area contributed by atoms with Crippen LogP contribution in [0.5, 0.6) is 5.75 Å². The van der Waals surface area contributed by atoms with Crippen molar-refractivity contribution in [2.75, 3.05) is 13.7 Å². The smallest absolute Gasteiger partial charge is 0.416 e. The minimum atomic E-state index is -4.53. The number of carbonyl (C=O) groups excluding carboxylic acids is 2. The standard InChI is InChI=1S/C23H18BrF5N2O5/c1-10-16(11-3-5-12(6-4-11)23(27,28)29)20(24)36-19(10)15(9-34-22(33)31-2)35-14-8-7-13(25)17(18(14)26)21(30)32/h3-8,15,19H,1,9H2,2H3,(H2,30,32)(H,31,33). The van der Waals surface area contributed by atoms with Crippen LogP contribution in [0.4, 0.5) is 26.7 Å². The zero-order chi connectivity index (χ0) is 26.8. The van der Waals surface area contributed by atoms with Gasteiger partial charge in [-0.25, -0.2) is 13.6 Å². The Labute approximate surface area is 209 Å². The number of primary amides is 1. The molecule has 0 fully saturated rings. The van der Waals surface area contributed by atoms with E-state index in [4.69, 9.17) is 19.9 Å². The van der Waals surface area contributed by atoms with Crippen LogP contribution in [-0.4, -0.2) is 37.9 Å². The first-order valence-electron chi connectivity index (χ1n) is 10.1. The number of alkyl halides is 3. The Morgan fingerprint density at radius 3 is 2.39 bits per heavy atom. The van der Waals surface area contributed by atoms with Crippen LogP contribution in [0.15, 0.2) is 53.2 Å². The molecule has 1 aliphatic rings. The van der Waals surface area contributed by atoms with Crippen molar-refractivity contribution < 1.29 is 45.8 Å². The predicted molar refractivity (Wildman–Crippen MR) is 121 cm³/mol. The molecule has 36 heavy (non-hydrogen) atoms. The first-order valence-corrected chi connectivity index (χ1v) is 10.9. The SMILES string of the molecule is C=C1C(c2ccc(C(F)(F)F)cc2)=C(Br)OC1C(COC(=O)NC)Oc1ccc(F)c(C(N)=O)c1F. The highest BCUT2D eigenvalue weighted by atomic mass is 79.9. The number of alkyl carbamates (subject to hydrolysis) is 1. The van der Waals surface area contributed by atoms with Crippen molar-refractivity contribution in [1.29, 1.82) is 0 Å². The minimum Gasteiger partial charge on any atom is -0.479 e. The van der Waals surface area contributed by atoms with Crippen LogP contribution < -0.4 is 15.8 Å². The van der Waals surface area contributed by atoms with E-state index < -0.39 is 65.5 Å². The van der Waals surface area contributed by atoms with E-state index in [2.05, 4.69) is 27.8 Å². The Morgan fingerprint density at radius 1 is 1.19 bits per heavy atom. The third-order valence-corrected chi connectivity index (χ3v) is 5.68. The van der Waals surface area contributed by atoms with Gasteiger partial charge in [-0.2, -0.15) is 13.2 Å². The number of amides is 2. The van der Waals surface area contributed by atoms with Crippen LogP contribution >= 0.6 is 15.9 Å². The molecule has 0 aromatic heterocycles. The summed E-state index contributed by atoms with van der Waals surface area (Å²) >= 11 is 3.20. The summed E-state index contributed by atoms with van der Waals surface area (Å²) in [6.45, 7) is 3.39. The van der Waals surface area contributed by atoms with Gasteiger partial charge in [-0.1, -0.05) is 18.7 Å². The maximum absolute atomic E-state index is 14.8. The summed E-state index contributed by atoms with van der Waals surface area (Å²) in [6, 6.07) is 5.86. The number of ether oxygens (including phenoxy) is 3. The molecule has 7 nitrogen and oxygen atoms in total. The Bertz CT molecular complexity index is 1230. The first-order chi connectivity index (χ1) is 16.8. The molecule has 0 spiro atoms. The van der Waals surface area contributed by atoms with Gasteiger partial charge in [-0.3, -0.25) is 4.79 Å². The molecule has 0 radical (unpaired) electrons. The lowest BCUT2D eigenvalue weighted by atomic mass is 9.95. The molecule has 1 heterocycles. The number of halogens is 6. The maximum Gasteiger partial charge on any atom is 0.416 e. The molecule has 3 rings (SSSR count). The number of carbonyl (C=O) groups is 2. The highest BCUT2D eigenvalue weighted by Crippen LogP contribution is 2.42. The van der Waals surface area contributed by atoms with E-state index in [1.165, 1.54) is 19.2 Å². The van der Waals surface area contributed by atoms with Gasteiger partial charge in [0, 0.05) is 18.2 Å². The highest BCUT2D eigenvalue weighted by molar-refractivity contribution is 9.11. The summed E-state index contributed by atoms with van der Waals surface area (Å²) in [6.07, 6.45) is -7.83. The van der Waals surface area contributed by atoms with Gasteiger partial charge >= 0.3 is 12.3 Å². The number of benzene rings is 2. The third-order valence-electron chi connectivity index (χ3n) is 5.09. The number of hydrogen-bond acceptors (Lipinski definition) is 5. The topological polar surface area (TPSA) is 99.9 Å². The maximum atomic E-state index is 14.8. The second-order valence-electron chi connectivity index (χ2n) is 7.39. The van der Waals surface area contributed by atoms with Crippen LogP contribution in [0.3, 0.4) is 0 Å². The molecule has 2 aromatic carbocycles. The summed E-state index contributed by atoms with van der Waals surface area (Å²) < 4.78 is 83.9. The van der Waals surface area contributed by atoms with Gasteiger partial charge in [0.1, 0.15) is 18.0 Å². The summed E-state index contributed by atoms with van der Waals surface area (Å²) in [7, 11) is 1.29. The summed E-state index contributed by atoms with van der Waals surface area (Å²) in [5.74, 6) is -4.55. The Morgan fingerprint density at radius 2 is 1.83 bits per heavy atom. The van der Waals surface area contributed by atoms with Crippen molar-refractivity contribution in [3.05, 3.63) is 81.5 Å². The van der Waals surface area contributed by atoms with E-state index in [1.807, 2.05) is 0 Å². The highest BCUT2D eigenvalue weighted by Gasteiger charge is 2.39. The molecular formula is C23H18BrF5N2O5. The van der Waals surface area contributed by atoms with Gasteiger partial charge in [0.25, 0.3) is 5.91 Å². The van der Waals surface area contributed by atoms with E-state index in [9.17, 15) is 31.5 Å². The van der Waals surface area contributed by atoms with Crippen molar-refractivity contribution in [2.24, 2.45) is 5.73 Å². The number of hydrogen-bond donors (Lipinski definition) is 2. The monoisotopic (exact) mass is 576 g/mol. The van der Waals surface area contributed by atoms with Gasteiger partial charge in [-0.05, 0) is 45.8 Å². The van der Waals surface area contributed by atoms with Crippen LogP contribution in [0.25, 0.3) is 5.57 Å². The third kappa shape index (κ3) is 5.61. The average Bonchev–Trinajstić information content (AvgIpc) is 3.10. The zero-order valence-corrected chi connectivity index (χ0v) is 20.0. The molecule has 192 valence electrons. The molecule has 2 aromatic rings. The van der Waals surface area contributed by atoms with E-state index in [0.29, 0.717) is 11.1 Å². The fraction of sp³-hybridized carbons (Fsp3) is 0.217. The van der Waals surface area contributed by atoms with Crippen LogP contribution in [-0.2, 0) is 15.7 Å². The molecule has 0 bridgehead atoms. The molecular weight excluding hydrogens is 559 g/mol. The fourth-order valence-electron chi connectivity index (χ4n) is 3.36. The van der Waals surface area contributed by atoms with Gasteiger partial charge in [0.15, 0.2) is 28.4 Å². The predicted octanol–water partition coefficient (Wildman–Crippen LogP) is 4.90.